The number of benzene rings is 1. The molecule has 156 valence electrons. The van der Waals surface area contributed by atoms with Crippen molar-refractivity contribution in [2.45, 2.75) is 25.9 Å². The molecule has 0 saturated carbocycles. The van der Waals surface area contributed by atoms with Gasteiger partial charge >= 0.3 is 0 Å². The molecule has 6 heteroatoms. The van der Waals surface area contributed by atoms with Crippen LogP contribution in [0.3, 0.4) is 0 Å². The van der Waals surface area contributed by atoms with Crippen molar-refractivity contribution >= 4 is 5.96 Å². The Labute approximate surface area is 170 Å². The van der Waals surface area contributed by atoms with Gasteiger partial charge in [-0.2, -0.15) is 0 Å². The van der Waals surface area contributed by atoms with Crippen LogP contribution in [0.5, 0.6) is 5.75 Å². The van der Waals surface area contributed by atoms with Crippen LogP contribution in [0.1, 0.15) is 19.8 Å². The second kappa shape index (κ2) is 10.7. The first-order chi connectivity index (χ1) is 13.6. The van der Waals surface area contributed by atoms with Crippen LogP contribution in [0, 0.1) is 5.92 Å². The molecule has 0 amide bonds. The molecule has 2 aliphatic rings. The Morgan fingerprint density at radius 3 is 2.43 bits per heavy atom. The number of ether oxygens (including phenoxy) is 1. The zero-order chi connectivity index (χ0) is 19.8. The number of para-hydroxylation sites is 1. The third kappa shape index (κ3) is 6.38. The highest BCUT2D eigenvalue weighted by Crippen LogP contribution is 2.18. The second-order valence-corrected chi connectivity index (χ2v) is 8.25. The van der Waals surface area contributed by atoms with E-state index < -0.39 is 0 Å². The Balaban J connectivity index is 1.37. The van der Waals surface area contributed by atoms with E-state index in [0.717, 1.165) is 50.7 Å². The van der Waals surface area contributed by atoms with Crippen LogP contribution in [0.25, 0.3) is 0 Å². The summed E-state index contributed by atoms with van der Waals surface area (Å²) in [6, 6.07) is 10.2. The van der Waals surface area contributed by atoms with E-state index in [1.807, 2.05) is 37.4 Å². The first-order valence-electron chi connectivity index (χ1n) is 10.7. The SMILES string of the molecule is CN=C(NCC(C)CN1CCN(C)CC1)N1CCC(Oc2ccccc2)CC1. The number of nitrogens with one attached hydrogen (secondary N) is 1. The van der Waals surface area contributed by atoms with Crippen LogP contribution in [-0.2, 0) is 0 Å². The lowest BCUT2D eigenvalue weighted by Gasteiger charge is -2.36. The lowest BCUT2D eigenvalue weighted by Crippen LogP contribution is -2.50. The first-order valence-corrected chi connectivity index (χ1v) is 10.7. The van der Waals surface area contributed by atoms with Gasteiger partial charge in [0.25, 0.3) is 0 Å². The van der Waals surface area contributed by atoms with Crippen molar-refractivity contribution in [2.24, 2.45) is 10.9 Å². The Kier molecular flexibility index (Phi) is 7.98. The van der Waals surface area contributed by atoms with Gasteiger partial charge in [0.05, 0.1) is 0 Å². The minimum atomic E-state index is 0.299. The molecule has 6 nitrogen and oxygen atoms in total. The van der Waals surface area contributed by atoms with E-state index in [1.54, 1.807) is 0 Å². The maximum absolute atomic E-state index is 6.11. The molecule has 1 N–H and O–H groups in total. The fraction of sp³-hybridized carbons (Fsp3) is 0.682. The summed E-state index contributed by atoms with van der Waals surface area (Å²) in [7, 11) is 4.10. The molecule has 1 atom stereocenters. The van der Waals surface area contributed by atoms with Crippen LogP contribution in [0.2, 0.25) is 0 Å². The summed E-state index contributed by atoms with van der Waals surface area (Å²) in [4.78, 5) is 11.9. The number of guanidine groups is 1. The van der Waals surface area contributed by atoms with E-state index in [2.05, 4.69) is 39.0 Å². The van der Waals surface area contributed by atoms with Crippen molar-refractivity contribution in [3.8, 4) is 5.75 Å². The van der Waals surface area contributed by atoms with Gasteiger partial charge in [-0.25, -0.2) is 0 Å². The number of nitrogens with zero attached hydrogens (tertiary/aromatic N) is 4. The molecule has 1 aromatic rings. The number of rotatable bonds is 6. The summed E-state index contributed by atoms with van der Waals surface area (Å²) in [5, 5.41) is 3.60. The van der Waals surface area contributed by atoms with Gasteiger partial charge in [-0.05, 0) is 25.1 Å². The Hall–Kier alpha value is -1.79. The molecule has 2 fully saturated rings. The molecule has 0 aromatic heterocycles. The third-order valence-electron chi connectivity index (χ3n) is 5.77. The molecular formula is C22H37N5O. The number of hydrogen-bond donors (Lipinski definition) is 1. The fourth-order valence-corrected chi connectivity index (χ4v) is 4.01. The van der Waals surface area contributed by atoms with Crippen molar-refractivity contribution in [1.82, 2.24) is 20.0 Å². The number of aliphatic imine (C=N–C) groups is 1. The quantitative estimate of drug-likeness (QED) is 0.597. The summed E-state index contributed by atoms with van der Waals surface area (Å²) in [5.74, 6) is 2.61. The molecule has 0 aliphatic carbocycles. The van der Waals surface area contributed by atoms with Crippen LogP contribution >= 0.6 is 0 Å². The van der Waals surface area contributed by atoms with E-state index in [0.29, 0.717) is 12.0 Å². The molecule has 1 unspecified atom stereocenters. The maximum atomic E-state index is 6.11. The minimum Gasteiger partial charge on any atom is -0.490 e. The average molecular weight is 388 g/mol. The van der Waals surface area contributed by atoms with Gasteiger partial charge in [-0.3, -0.25) is 4.99 Å². The third-order valence-corrected chi connectivity index (χ3v) is 5.77. The summed E-state index contributed by atoms with van der Waals surface area (Å²) in [5.41, 5.74) is 0. The topological polar surface area (TPSA) is 43.3 Å². The molecule has 0 radical (unpaired) electrons. The number of likely N-dealkylation sites (tertiary alicyclic amines) is 1. The maximum Gasteiger partial charge on any atom is 0.193 e. The van der Waals surface area contributed by atoms with Gasteiger partial charge in [0.2, 0.25) is 0 Å². The molecule has 0 bridgehead atoms. The molecule has 28 heavy (non-hydrogen) atoms. The molecule has 2 heterocycles. The summed E-state index contributed by atoms with van der Waals surface area (Å²) in [6.07, 6.45) is 2.37. The Bertz CT molecular complexity index is 592. The first kappa shape index (κ1) is 20.9. The van der Waals surface area contributed by atoms with Gasteiger partial charge in [0.1, 0.15) is 11.9 Å². The predicted octanol–water partition coefficient (Wildman–Crippen LogP) is 1.99. The highest BCUT2D eigenvalue weighted by molar-refractivity contribution is 5.79. The van der Waals surface area contributed by atoms with Crippen molar-refractivity contribution < 1.29 is 4.74 Å². The van der Waals surface area contributed by atoms with Gasteiger partial charge in [0, 0.05) is 72.2 Å². The smallest absolute Gasteiger partial charge is 0.193 e. The standard InChI is InChI=1S/C22H37N5O/c1-19(18-26-15-13-25(3)14-16-26)17-24-22(23-2)27-11-9-21(10-12-27)28-20-7-5-4-6-8-20/h4-8,19,21H,9-18H2,1-3H3,(H,23,24). The highest BCUT2D eigenvalue weighted by atomic mass is 16.5. The van der Waals surface area contributed by atoms with E-state index in [1.165, 1.54) is 26.2 Å². The minimum absolute atomic E-state index is 0.299. The molecule has 0 spiro atoms. The number of likely N-dealkylation sites (N-methyl/N-ethyl adjacent to an activating group) is 1. The van der Waals surface area contributed by atoms with Gasteiger partial charge < -0.3 is 24.8 Å². The van der Waals surface area contributed by atoms with Gasteiger partial charge in [-0.15, -0.1) is 0 Å². The van der Waals surface area contributed by atoms with Crippen molar-refractivity contribution in [3.05, 3.63) is 30.3 Å². The second-order valence-electron chi connectivity index (χ2n) is 8.25. The Morgan fingerprint density at radius 2 is 1.79 bits per heavy atom. The monoisotopic (exact) mass is 387 g/mol. The molecule has 2 aliphatic heterocycles. The normalized spacial score (nSPS) is 21.5. The lowest BCUT2D eigenvalue weighted by molar-refractivity contribution is 0.128. The van der Waals surface area contributed by atoms with Crippen molar-refractivity contribution in [2.75, 3.05) is 66.5 Å². The van der Waals surface area contributed by atoms with Gasteiger partial charge in [-0.1, -0.05) is 25.1 Å². The van der Waals surface area contributed by atoms with Crippen LogP contribution < -0.4 is 10.1 Å². The van der Waals surface area contributed by atoms with Crippen molar-refractivity contribution in [3.63, 3.8) is 0 Å². The highest BCUT2D eigenvalue weighted by Gasteiger charge is 2.23. The summed E-state index contributed by atoms with van der Waals surface area (Å²) in [6.45, 7) is 11.2. The van der Waals surface area contributed by atoms with E-state index in [-0.39, 0.29) is 0 Å². The number of piperazine rings is 1. The number of hydrogen-bond acceptors (Lipinski definition) is 4. The van der Waals surface area contributed by atoms with Gasteiger partial charge in [0.15, 0.2) is 5.96 Å². The van der Waals surface area contributed by atoms with E-state index in [9.17, 15) is 0 Å². The lowest BCUT2D eigenvalue weighted by atomic mass is 10.1. The van der Waals surface area contributed by atoms with Crippen LogP contribution in [-0.4, -0.2) is 93.2 Å². The molecule has 2 saturated heterocycles. The zero-order valence-corrected chi connectivity index (χ0v) is 17.8. The molecule has 3 rings (SSSR count). The molecule has 1 aromatic carbocycles. The van der Waals surface area contributed by atoms with E-state index >= 15 is 0 Å². The van der Waals surface area contributed by atoms with Crippen LogP contribution in [0.4, 0.5) is 0 Å². The predicted molar refractivity (Wildman–Crippen MR) is 116 cm³/mol. The Morgan fingerprint density at radius 1 is 1.11 bits per heavy atom. The van der Waals surface area contributed by atoms with E-state index in [4.69, 9.17) is 4.74 Å². The number of piperidine rings is 1. The van der Waals surface area contributed by atoms with Crippen molar-refractivity contribution in [1.29, 1.82) is 0 Å². The van der Waals surface area contributed by atoms with Crippen LogP contribution in [0.15, 0.2) is 35.3 Å². The zero-order valence-electron chi connectivity index (χ0n) is 17.8. The largest absolute Gasteiger partial charge is 0.490 e. The fourth-order valence-electron chi connectivity index (χ4n) is 4.01. The molecular weight excluding hydrogens is 350 g/mol. The summed E-state index contributed by atoms with van der Waals surface area (Å²) < 4.78 is 6.11. The average Bonchev–Trinajstić information content (AvgIpc) is 2.72. The summed E-state index contributed by atoms with van der Waals surface area (Å²) >= 11 is 0.